The Morgan fingerprint density at radius 1 is 1.29 bits per heavy atom. The molecule has 1 unspecified atom stereocenters. The molecule has 3 nitrogen and oxygen atoms in total. The van der Waals surface area contributed by atoms with E-state index < -0.39 is 0 Å². The molecule has 2 N–H and O–H groups in total. The van der Waals surface area contributed by atoms with Gasteiger partial charge in [-0.05, 0) is 26.3 Å². The van der Waals surface area contributed by atoms with Crippen LogP contribution < -0.4 is 5.32 Å². The van der Waals surface area contributed by atoms with Gasteiger partial charge in [-0.25, -0.2) is 0 Å². The minimum Gasteiger partial charge on any atom is -0.394 e. The maximum Gasteiger partial charge on any atom is 0.0772 e. The van der Waals surface area contributed by atoms with E-state index >= 15 is 0 Å². The van der Waals surface area contributed by atoms with Gasteiger partial charge in [-0.1, -0.05) is 30.3 Å². The number of nitrogens with one attached hydrogen (secondary N) is 1. The fraction of sp³-hybridized carbons (Fsp3) is 0.571. The van der Waals surface area contributed by atoms with Gasteiger partial charge in [0.1, 0.15) is 0 Å². The number of hydrogen-bond acceptors (Lipinski definition) is 3. The van der Waals surface area contributed by atoms with Crippen LogP contribution in [0.15, 0.2) is 30.3 Å². The fourth-order valence-corrected chi connectivity index (χ4v) is 1.62. The predicted octanol–water partition coefficient (Wildman–Crippen LogP) is 2.12. The number of rotatable bonds is 6. The van der Waals surface area contributed by atoms with Crippen molar-refractivity contribution in [1.29, 1.82) is 0 Å². The van der Waals surface area contributed by atoms with Crippen LogP contribution in [0.3, 0.4) is 0 Å². The van der Waals surface area contributed by atoms with Gasteiger partial charge in [0, 0.05) is 13.2 Å². The number of aliphatic hydroxyl groups is 1. The first kappa shape index (κ1) is 14.2. The molecule has 0 spiro atoms. The van der Waals surface area contributed by atoms with Crippen molar-refractivity contribution in [2.24, 2.45) is 0 Å². The first-order chi connectivity index (χ1) is 8.01. The van der Waals surface area contributed by atoms with E-state index in [1.165, 1.54) is 0 Å². The van der Waals surface area contributed by atoms with Crippen LogP contribution in [0.5, 0.6) is 0 Å². The van der Waals surface area contributed by atoms with Gasteiger partial charge in [0.05, 0.1) is 18.2 Å². The maximum atomic E-state index is 9.46. The average molecular weight is 237 g/mol. The molecule has 0 heterocycles. The minimum absolute atomic E-state index is 0.0550. The first-order valence-corrected chi connectivity index (χ1v) is 5.98. The summed E-state index contributed by atoms with van der Waals surface area (Å²) in [5.41, 5.74) is 0.830. The van der Waals surface area contributed by atoms with Crippen molar-refractivity contribution >= 4 is 0 Å². The average Bonchev–Trinajstić information content (AvgIpc) is 2.36. The van der Waals surface area contributed by atoms with Crippen LogP contribution in [0, 0.1) is 0 Å². The molecule has 2 atom stereocenters. The molecule has 0 saturated heterocycles. The Bertz CT molecular complexity index is 324. The fourth-order valence-electron chi connectivity index (χ4n) is 1.62. The molecule has 1 rings (SSSR count). The van der Waals surface area contributed by atoms with Crippen molar-refractivity contribution in [2.75, 3.05) is 13.7 Å². The Balaban J connectivity index is 2.71. The van der Waals surface area contributed by atoms with Gasteiger partial charge < -0.3 is 15.2 Å². The normalized spacial score (nSPS) is 15.6. The van der Waals surface area contributed by atoms with E-state index in [9.17, 15) is 5.11 Å². The van der Waals surface area contributed by atoms with Crippen LogP contribution >= 0.6 is 0 Å². The van der Waals surface area contributed by atoms with Crippen molar-refractivity contribution in [3.05, 3.63) is 35.9 Å². The summed E-state index contributed by atoms with van der Waals surface area (Å²) in [6, 6.07) is 10.0. The summed E-state index contributed by atoms with van der Waals surface area (Å²) >= 11 is 0. The van der Waals surface area contributed by atoms with Crippen molar-refractivity contribution in [3.63, 3.8) is 0 Å². The van der Waals surface area contributed by atoms with Crippen molar-refractivity contribution in [3.8, 4) is 0 Å². The van der Waals surface area contributed by atoms with E-state index in [2.05, 4.69) is 12.2 Å². The molecule has 0 aromatic heterocycles. The summed E-state index contributed by atoms with van der Waals surface area (Å²) in [7, 11) is 1.70. The van der Waals surface area contributed by atoms with Crippen molar-refractivity contribution in [2.45, 2.75) is 38.5 Å². The summed E-state index contributed by atoms with van der Waals surface area (Å²) in [6.07, 6.45) is 0. The molecule has 96 valence electrons. The van der Waals surface area contributed by atoms with E-state index in [4.69, 9.17) is 4.74 Å². The number of ether oxygens (including phenoxy) is 1. The molecule has 0 radical (unpaired) electrons. The maximum absolute atomic E-state index is 9.46. The lowest BCUT2D eigenvalue weighted by atomic mass is 9.98. The summed E-state index contributed by atoms with van der Waals surface area (Å²) in [6.45, 7) is 6.21. The highest BCUT2D eigenvalue weighted by atomic mass is 16.5. The highest BCUT2D eigenvalue weighted by Crippen LogP contribution is 2.18. The molecule has 0 aliphatic carbocycles. The molecule has 0 aliphatic heterocycles. The number of hydrogen-bond donors (Lipinski definition) is 2. The van der Waals surface area contributed by atoms with Crippen LogP contribution in [0.2, 0.25) is 0 Å². The van der Waals surface area contributed by atoms with Crippen LogP contribution in [0.4, 0.5) is 0 Å². The molecule has 3 heteroatoms. The zero-order chi connectivity index (χ0) is 12.9. The van der Waals surface area contributed by atoms with Crippen LogP contribution in [-0.2, 0) is 4.74 Å². The van der Waals surface area contributed by atoms with Gasteiger partial charge in [-0.15, -0.1) is 0 Å². The molecule has 0 saturated carbocycles. The Morgan fingerprint density at radius 2 is 1.88 bits per heavy atom. The quantitative estimate of drug-likeness (QED) is 0.796. The zero-order valence-corrected chi connectivity index (χ0v) is 11.1. The van der Waals surface area contributed by atoms with Crippen LogP contribution in [0.1, 0.15) is 32.4 Å². The molecular weight excluding hydrogens is 214 g/mol. The zero-order valence-electron chi connectivity index (χ0n) is 11.1. The second kappa shape index (κ2) is 6.15. The Morgan fingerprint density at radius 3 is 2.35 bits per heavy atom. The standard InChI is InChI=1S/C14H23NO2/c1-11(14(2,3)17-4)15-13(10-16)12-8-6-5-7-9-12/h5-9,11,13,15-16H,10H2,1-4H3/t11?,13-/m1/s1. The molecule has 1 aromatic carbocycles. The molecule has 0 fully saturated rings. The molecular formula is C14H23NO2. The summed E-state index contributed by atoms with van der Waals surface area (Å²) in [4.78, 5) is 0. The summed E-state index contributed by atoms with van der Waals surface area (Å²) in [5.74, 6) is 0. The third kappa shape index (κ3) is 3.80. The van der Waals surface area contributed by atoms with Crippen molar-refractivity contribution in [1.82, 2.24) is 5.32 Å². The first-order valence-electron chi connectivity index (χ1n) is 5.98. The molecule has 0 aliphatic rings. The van der Waals surface area contributed by atoms with E-state index in [1.807, 2.05) is 44.2 Å². The van der Waals surface area contributed by atoms with Crippen LogP contribution in [-0.4, -0.2) is 30.5 Å². The second-order valence-electron chi connectivity index (χ2n) is 4.84. The minimum atomic E-state index is -0.262. The smallest absolute Gasteiger partial charge is 0.0772 e. The van der Waals surface area contributed by atoms with Gasteiger partial charge in [0.2, 0.25) is 0 Å². The molecule has 17 heavy (non-hydrogen) atoms. The van der Waals surface area contributed by atoms with E-state index in [-0.39, 0.29) is 24.3 Å². The molecule has 1 aromatic rings. The third-order valence-electron chi connectivity index (χ3n) is 3.40. The third-order valence-corrected chi connectivity index (χ3v) is 3.40. The lowest BCUT2D eigenvalue weighted by Crippen LogP contribution is -2.48. The number of methoxy groups -OCH3 is 1. The second-order valence-corrected chi connectivity index (χ2v) is 4.84. The van der Waals surface area contributed by atoms with E-state index in [0.717, 1.165) is 5.56 Å². The summed E-state index contributed by atoms with van der Waals surface area (Å²) in [5, 5.41) is 12.9. The largest absolute Gasteiger partial charge is 0.394 e. The predicted molar refractivity (Wildman–Crippen MR) is 70.0 cm³/mol. The molecule has 0 amide bonds. The van der Waals surface area contributed by atoms with Gasteiger partial charge in [0.15, 0.2) is 0 Å². The Hall–Kier alpha value is -0.900. The SMILES string of the molecule is COC(C)(C)C(C)N[C@H](CO)c1ccccc1. The van der Waals surface area contributed by atoms with Gasteiger partial charge >= 0.3 is 0 Å². The topological polar surface area (TPSA) is 41.5 Å². The van der Waals surface area contributed by atoms with Crippen LogP contribution in [0.25, 0.3) is 0 Å². The number of aliphatic hydroxyl groups excluding tert-OH is 1. The Labute approximate surface area is 104 Å². The van der Waals surface area contributed by atoms with E-state index in [0.29, 0.717) is 0 Å². The highest BCUT2D eigenvalue weighted by Gasteiger charge is 2.27. The van der Waals surface area contributed by atoms with Gasteiger partial charge in [0.25, 0.3) is 0 Å². The molecule has 0 bridgehead atoms. The lowest BCUT2D eigenvalue weighted by molar-refractivity contribution is -0.0102. The monoisotopic (exact) mass is 237 g/mol. The van der Waals surface area contributed by atoms with Gasteiger partial charge in [-0.2, -0.15) is 0 Å². The van der Waals surface area contributed by atoms with E-state index in [1.54, 1.807) is 7.11 Å². The number of benzene rings is 1. The Kier molecular flexibility index (Phi) is 5.12. The lowest BCUT2D eigenvalue weighted by Gasteiger charge is -2.34. The van der Waals surface area contributed by atoms with Crippen molar-refractivity contribution < 1.29 is 9.84 Å². The summed E-state index contributed by atoms with van der Waals surface area (Å²) < 4.78 is 5.44. The highest BCUT2D eigenvalue weighted by molar-refractivity contribution is 5.19. The van der Waals surface area contributed by atoms with Gasteiger partial charge in [-0.3, -0.25) is 0 Å².